The quantitative estimate of drug-likeness (QED) is 0.857. The summed E-state index contributed by atoms with van der Waals surface area (Å²) in [5, 5.41) is 3.02. The molecule has 1 aromatic heterocycles. The molecule has 7 heteroatoms. The number of halogens is 1. The van der Waals surface area contributed by atoms with E-state index in [9.17, 15) is 12.8 Å². The highest BCUT2D eigenvalue weighted by Crippen LogP contribution is 2.16. The van der Waals surface area contributed by atoms with Crippen molar-refractivity contribution < 1.29 is 17.2 Å². The van der Waals surface area contributed by atoms with E-state index >= 15 is 0 Å². The van der Waals surface area contributed by atoms with E-state index in [2.05, 4.69) is 10.0 Å². The fraction of sp³-hybridized carbons (Fsp3) is 0.286. The third kappa shape index (κ3) is 3.90. The SMILES string of the molecule is CNS(=O)(=O)c1ccc(CNC(C)c2cccc(F)c2)o1. The minimum Gasteiger partial charge on any atom is -0.447 e. The molecule has 0 aliphatic heterocycles. The lowest BCUT2D eigenvalue weighted by atomic mass is 10.1. The molecule has 114 valence electrons. The van der Waals surface area contributed by atoms with Crippen molar-refractivity contribution in [3.05, 3.63) is 53.5 Å². The molecule has 2 rings (SSSR count). The number of rotatable bonds is 6. The smallest absolute Gasteiger partial charge is 0.273 e. The lowest BCUT2D eigenvalue weighted by Gasteiger charge is -2.13. The third-order valence-corrected chi connectivity index (χ3v) is 4.39. The van der Waals surface area contributed by atoms with E-state index in [1.165, 1.54) is 25.2 Å². The first-order valence-electron chi connectivity index (χ1n) is 6.43. The molecule has 1 aromatic carbocycles. The number of hydrogen-bond acceptors (Lipinski definition) is 4. The van der Waals surface area contributed by atoms with E-state index in [0.29, 0.717) is 12.3 Å². The Bertz CT molecular complexity index is 713. The van der Waals surface area contributed by atoms with Crippen LogP contribution in [0.4, 0.5) is 4.39 Å². The first-order valence-corrected chi connectivity index (χ1v) is 7.92. The van der Waals surface area contributed by atoms with Gasteiger partial charge in [-0.1, -0.05) is 12.1 Å². The molecule has 21 heavy (non-hydrogen) atoms. The summed E-state index contributed by atoms with van der Waals surface area (Å²) in [5.41, 5.74) is 0.810. The van der Waals surface area contributed by atoms with Crippen LogP contribution in [0.3, 0.4) is 0 Å². The molecule has 0 amide bonds. The lowest BCUT2D eigenvalue weighted by Crippen LogP contribution is -2.18. The molecule has 0 saturated carbocycles. The van der Waals surface area contributed by atoms with Crippen molar-refractivity contribution in [3.8, 4) is 0 Å². The summed E-state index contributed by atoms with van der Waals surface area (Å²) in [4.78, 5) is 0. The summed E-state index contributed by atoms with van der Waals surface area (Å²) in [7, 11) is -2.25. The van der Waals surface area contributed by atoms with Crippen LogP contribution in [0.15, 0.2) is 45.9 Å². The number of benzene rings is 1. The van der Waals surface area contributed by atoms with Gasteiger partial charge in [-0.05, 0) is 43.8 Å². The van der Waals surface area contributed by atoms with Gasteiger partial charge in [-0.25, -0.2) is 17.5 Å². The van der Waals surface area contributed by atoms with E-state index in [-0.39, 0.29) is 17.0 Å². The molecule has 0 saturated heterocycles. The van der Waals surface area contributed by atoms with E-state index in [1.54, 1.807) is 12.1 Å². The van der Waals surface area contributed by atoms with E-state index < -0.39 is 10.0 Å². The zero-order valence-electron chi connectivity index (χ0n) is 11.8. The highest BCUT2D eigenvalue weighted by atomic mass is 32.2. The molecule has 5 nitrogen and oxygen atoms in total. The Morgan fingerprint density at radius 3 is 2.71 bits per heavy atom. The van der Waals surface area contributed by atoms with Crippen LogP contribution in [0, 0.1) is 5.82 Å². The predicted molar refractivity (Wildman–Crippen MR) is 76.6 cm³/mol. The van der Waals surface area contributed by atoms with Gasteiger partial charge in [0.05, 0.1) is 6.54 Å². The van der Waals surface area contributed by atoms with Gasteiger partial charge in [-0.15, -0.1) is 0 Å². The van der Waals surface area contributed by atoms with Gasteiger partial charge in [0.1, 0.15) is 11.6 Å². The van der Waals surface area contributed by atoms with E-state index in [1.807, 2.05) is 13.0 Å². The normalized spacial score (nSPS) is 13.3. The van der Waals surface area contributed by atoms with Crippen molar-refractivity contribution in [2.24, 2.45) is 0 Å². The topological polar surface area (TPSA) is 71.3 Å². The number of nitrogens with one attached hydrogen (secondary N) is 2. The van der Waals surface area contributed by atoms with Gasteiger partial charge in [-0.3, -0.25) is 0 Å². The predicted octanol–water partition coefficient (Wildman–Crippen LogP) is 2.18. The fourth-order valence-electron chi connectivity index (χ4n) is 1.85. The van der Waals surface area contributed by atoms with Crippen LogP contribution in [-0.2, 0) is 16.6 Å². The molecule has 2 N–H and O–H groups in total. The Kier molecular flexibility index (Phi) is 4.76. The molecule has 0 spiro atoms. The van der Waals surface area contributed by atoms with Crippen molar-refractivity contribution in [2.45, 2.75) is 24.6 Å². The average Bonchev–Trinajstić information content (AvgIpc) is 2.94. The molecule has 0 bridgehead atoms. The van der Waals surface area contributed by atoms with Crippen LogP contribution in [0.5, 0.6) is 0 Å². The number of hydrogen-bond donors (Lipinski definition) is 2. The van der Waals surface area contributed by atoms with E-state index in [0.717, 1.165) is 5.56 Å². The Hall–Kier alpha value is -1.70. The van der Waals surface area contributed by atoms with Gasteiger partial charge in [0.2, 0.25) is 5.09 Å². The first kappa shape index (κ1) is 15.7. The Morgan fingerprint density at radius 2 is 2.05 bits per heavy atom. The van der Waals surface area contributed by atoms with Crippen LogP contribution in [-0.4, -0.2) is 15.5 Å². The first-order chi connectivity index (χ1) is 9.92. The van der Waals surface area contributed by atoms with Gasteiger partial charge < -0.3 is 9.73 Å². The Balaban J connectivity index is 2.00. The minimum absolute atomic E-state index is 0.0878. The summed E-state index contributed by atoms with van der Waals surface area (Å²) in [6, 6.07) is 9.21. The summed E-state index contributed by atoms with van der Waals surface area (Å²) in [6.45, 7) is 2.24. The van der Waals surface area contributed by atoms with Gasteiger partial charge >= 0.3 is 0 Å². The van der Waals surface area contributed by atoms with Gasteiger partial charge in [-0.2, -0.15) is 0 Å². The zero-order chi connectivity index (χ0) is 15.5. The Labute approximate surface area is 123 Å². The van der Waals surface area contributed by atoms with Gasteiger partial charge in [0.25, 0.3) is 10.0 Å². The molecule has 1 heterocycles. The molecule has 0 aliphatic carbocycles. The second kappa shape index (κ2) is 6.38. The maximum Gasteiger partial charge on any atom is 0.273 e. The molecule has 1 atom stereocenters. The standard InChI is InChI=1S/C14H17FN2O3S/c1-10(11-4-3-5-12(15)8-11)17-9-13-6-7-14(20-13)21(18,19)16-2/h3-8,10,16-17H,9H2,1-2H3. The van der Waals surface area contributed by atoms with Gasteiger partial charge in [0.15, 0.2) is 0 Å². The van der Waals surface area contributed by atoms with Crippen molar-refractivity contribution in [1.29, 1.82) is 0 Å². The van der Waals surface area contributed by atoms with E-state index in [4.69, 9.17) is 4.42 Å². The molecule has 0 aliphatic rings. The monoisotopic (exact) mass is 312 g/mol. The van der Waals surface area contributed by atoms with Gasteiger partial charge in [0, 0.05) is 6.04 Å². The fourth-order valence-corrected chi connectivity index (χ4v) is 2.51. The maximum absolute atomic E-state index is 13.1. The number of furan rings is 1. The van der Waals surface area contributed by atoms with Crippen molar-refractivity contribution in [3.63, 3.8) is 0 Å². The molecular formula is C14H17FN2O3S. The Morgan fingerprint density at radius 1 is 1.29 bits per heavy atom. The summed E-state index contributed by atoms with van der Waals surface area (Å²) < 4.78 is 43.7. The number of sulfonamides is 1. The second-order valence-corrected chi connectivity index (χ2v) is 6.40. The third-order valence-electron chi connectivity index (χ3n) is 3.10. The lowest BCUT2D eigenvalue weighted by molar-refractivity contribution is 0.392. The van der Waals surface area contributed by atoms with Crippen molar-refractivity contribution in [1.82, 2.24) is 10.0 Å². The van der Waals surface area contributed by atoms with Crippen LogP contribution in [0.1, 0.15) is 24.3 Å². The molecule has 0 radical (unpaired) electrons. The van der Waals surface area contributed by atoms with Crippen molar-refractivity contribution >= 4 is 10.0 Å². The van der Waals surface area contributed by atoms with Crippen LogP contribution >= 0.6 is 0 Å². The molecule has 1 unspecified atom stereocenters. The molecule has 2 aromatic rings. The van der Waals surface area contributed by atoms with Crippen LogP contribution < -0.4 is 10.0 Å². The van der Waals surface area contributed by atoms with Crippen LogP contribution in [0.25, 0.3) is 0 Å². The zero-order valence-corrected chi connectivity index (χ0v) is 12.6. The largest absolute Gasteiger partial charge is 0.447 e. The molecular weight excluding hydrogens is 295 g/mol. The highest BCUT2D eigenvalue weighted by molar-refractivity contribution is 7.89. The van der Waals surface area contributed by atoms with Crippen LogP contribution in [0.2, 0.25) is 0 Å². The highest BCUT2D eigenvalue weighted by Gasteiger charge is 2.16. The average molecular weight is 312 g/mol. The minimum atomic E-state index is -3.57. The summed E-state index contributed by atoms with van der Waals surface area (Å²) >= 11 is 0. The molecule has 0 fully saturated rings. The second-order valence-electron chi connectivity index (χ2n) is 4.59. The summed E-state index contributed by atoms with van der Waals surface area (Å²) in [6.07, 6.45) is 0. The van der Waals surface area contributed by atoms with Crippen molar-refractivity contribution in [2.75, 3.05) is 7.05 Å². The maximum atomic E-state index is 13.1. The summed E-state index contributed by atoms with van der Waals surface area (Å²) in [5.74, 6) is 0.202.